The van der Waals surface area contributed by atoms with Gasteiger partial charge >= 0.3 is 23.9 Å². The predicted molar refractivity (Wildman–Crippen MR) is 120 cm³/mol. The molecule has 0 N–H and O–H groups in total. The molecule has 2 atom stereocenters. The number of hydrogen-bond acceptors (Lipinski definition) is 9. The number of ether oxygens (including phenoxy) is 4. The van der Waals surface area contributed by atoms with Crippen LogP contribution in [0.5, 0.6) is 0 Å². The lowest BCUT2D eigenvalue weighted by Gasteiger charge is -2.39. The van der Waals surface area contributed by atoms with Gasteiger partial charge in [0.1, 0.15) is 32.7 Å². The molecule has 0 amide bonds. The third-order valence-electron chi connectivity index (χ3n) is 5.40. The molecule has 0 rings (SSSR count). The first-order valence-electron chi connectivity index (χ1n) is 11.0. The van der Waals surface area contributed by atoms with Crippen molar-refractivity contribution in [3.63, 3.8) is 0 Å². The van der Waals surface area contributed by atoms with E-state index in [1.165, 1.54) is 6.92 Å². The molecule has 0 aliphatic rings. The van der Waals surface area contributed by atoms with Crippen molar-refractivity contribution in [2.45, 2.75) is 67.2 Å². The molecule has 0 bridgehead atoms. The molecule has 0 aromatic carbocycles. The van der Waals surface area contributed by atoms with E-state index in [1.54, 1.807) is 0 Å². The molecule has 0 aliphatic heterocycles. The maximum Gasteiger partial charge on any atom is 0.333 e. The van der Waals surface area contributed by atoms with Crippen LogP contribution in [0, 0.1) is 16.7 Å². The Balaban J connectivity index is 4.23. The summed E-state index contributed by atoms with van der Waals surface area (Å²) in [6.07, 6.45) is 1.56. The molecule has 0 fully saturated rings. The van der Waals surface area contributed by atoms with Crippen LogP contribution >= 0.6 is 0 Å². The van der Waals surface area contributed by atoms with E-state index in [-0.39, 0.29) is 56.2 Å². The fraction of sp³-hybridized carbons (Fsp3) is 0.708. The number of rotatable bonds is 15. The maximum atomic E-state index is 12.5. The minimum absolute atomic E-state index is 0.0751. The minimum atomic E-state index is -0.814. The number of aldehydes is 1. The average Bonchev–Trinajstić information content (AvgIpc) is 2.74. The highest BCUT2D eigenvalue weighted by molar-refractivity contribution is 5.87. The van der Waals surface area contributed by atoms with Gasteiger partial charge in [-0.3, -0.25) is 14.4 Å². The van der Waals surface area contributed by atoms with Crippen molar-refractivity contribution in [1.29, 1.82) is 0 Å². The molecule has 0 aliphatic carbocycles. The molecule has 0 aromatic rings. The first-order chi connectivity index (χ1) is 15.3. The Morgan fingerprint density at radius 2 is 1.39 bits per heavy atom. The van der Waals surface area contributed by atoms with Gasteiger partial charge in [-0.1, -0.05) is 40.7 Å². The van der Waals surface area contributed by atoms with Gasteiger partial charge in [-0.25, -0.2) is 4.79 Å². The summed E-state index contributed by atoms with van der Waals surface area (Å²) < 4.78 is 20.1. The standard InChI is InChI=1S/C24H38O9/c1-8-11-24(7,23(4,5)6)22(29)31-13-12-30-19(26)9-10-20(27)32-15-18(14-25)16-33-21(28)17(2)3/h14,18H,2,8-13,15-16H2,1,3-7H3. The number of esters is 4. The Bertz CT molecular complexity index is 705. The fourth-order valence-corrected chi connectivity index (χ4v) is 2.71. The van der Waals surface area contributed by atoms with Crippen molar-refractivity contribution >= 4 is 30.2 Å². The fourth-order valence-electron chi connectivity index (χ4n) is 2.71. The largest absolute Gasteiger partial charge is 0.465 e. The van der Waals surface area contributed by atoms with Crippen molar-refractivity contribution < 1.29 is 42.9 Å². The summed E-state index contributed by atoms with van der Waals surface area (Å²) in [5.41, 5.74) is -0.752. The van der Waals surface area contributed by atoms with Gasteiger partial charge in [0.05, 0.1) is 24.2 Å². The van der Waals surface area contributed by atoms with Gasteiger partial charge in [-0.15, -0.1) is 0 Å². The van der Waals surface area contributed by atoms with E-state index in [9.17, 15) is 24.0 Å². The van der Waals surface area contributed by atoms with Crippen LogP contribution in [0.25, 0.3) is 0 Å². The lowest BCUT2D eigenvalue weighted by atomic mass is 9.65. The number of carbonyl (C=O) groups excluding carboxylic acids is 5. The van der Waals surface area contributed by atoms with Crippen LogP contribution in [0.2, 0.25) is 0 Å². The van der Waals surface area contributed by atoms with E-state index in [0.717, 1.165) is 6.42 Å². The molecule has 0 saturated carbocycles. The summed E-state index contributed by atoms with van der Waals surface area (Å²) in [6.45, 7) is 14.0. The smallest absolute Gasteiger partial charge is 0.333 e. The lowest BCUT2D eigenvalue weighted by molar-refractivity contribution is -0.166. The molecule has 0 saturated heterocycles. The Labute approximate surface area is 196 Å². The summed E-state index contributed by atoms with van der Waals surface area (Å²) in [6, 6.07) is 0. The predicted octanol–water partition coefficient (Wildman–Crippen LogP) is 3.18. The van der Waals surface area contributed by atoms with Crippen LogP contribution in [0.4, 0.5) is 0 Å². The maximum absolute atomic E-state index is 12.5. The zero-order valence-corrected chi connectivity index (χ0v) is 20.7. The van der Waals surface area contributed by atoms with Crippen molar-refractivity contribution in [1.82, 2.24) is 0 Å². The SMILES string of the molecule is C=C(C)C(=O)OCC(C=O)COC(=O)CCC(=O)OCCOC(=O)C(C)(CCC)C(C)(C)C. The van der Waals surface area contributed by atoms with E-state index in [4.69, 9.17) is 18.9 Å². The molecular formula is C24H38O9. The molecule has 0 spiro atoms. The van der Waals surface area contributed by atoms with Crippen LogP contribution < -0.4 is 0 Å². The molecule has 33 heavy (non-hydrogen) atoms. The van der Waals surface area contributed by atoms with Crippen LogP contribution in [-0.2, 0) is 42.9 Å². The second-order valence-electron chi connectivity index (χ2n) is 9.15. The van der Waals surface area contributed by atoms with Gasteiger partial charge in [-0.05, 0) is 25.7 Å². The van der Waals surface area contributed by atoms with Gasteiger partial charge in [0.15, 0.2) is 0 Å². The highest BCUT2D eigenvalue weighted by Gasteiger charge is 2.44. The average molecular weight is 471 g/mol. The topological polar surface area (TPSA) is 122 Å². The van der Waals surface area contributed by atoms with E-state index in [2.05, 4.69) is 6.58 Å². The second kappa shape index (κ2) is 14.4. The first kappa shape index (κ1) is 30.3. The third kappa shape index (κ3) is 11.1. The van der Waals surface area contributed by atoms with Crippen LogP contribution in [-0.4, -0.2) is 56.6 Å². The third-order valence-corrected chi connectivity index (χ3v) is 5.40. The van der Waals surface area contributed by atoms with Gasteiger partial charge < -0.3 is 23.7 Å². The first-order valence-corrected chi connectivity index (χ1v) is 11.0. The van der Waals surface area contributed by atoms with Crippen LogP contribution in [0.3, 0.4) is 0 Å². The number of hydrogen-bond donors (Lipinski definition) is 0. The van der Waals surface area contributed by atoms with Crippen LogP contribution in [0.1, 0.15) is 67.2 Å². The molecule has 2 unspecified atom stereocenters. The summed E-state index contributed by atoms with van der Waals surface area (Å²) in [7, 11) is 0. The van der Waals surface area contributed by atoms with Gasteiger partial charge in [-0.2, -0.15) is 0 Å². The van der Waals surface area contributed by atoms with Crippen molar-refractivity contribution in [3.05, 3.63) is 12.2 Å². The zero-order valence-electron chi connectivity index (χ0n) is 20.7. The van der Waals surface area contributed by atoms with Crippen molar-refractivity contribution in [2.24, 2.45) is 16.7 Å². The molecule has 0 radical (unpaired) electrons. The zero-order chi connectivity index (χ0) is 25.7. The van der Waals surface area contributed by atoms with E-state index >= 15 is 0 Å². The minimum Gasteiger partial charge on any atom is -0.465 e. The molecule has 9 nitrogen and oxygen atoms in total. The normalized spacial score (nSPS) is 13.8. The van der Waals surface area contributed by atoms with E-state index in [1.807, 2.05) is 34.6 Å². The summed E-state index contributed by atoms with van der Waals surface area (Å²) in [5.74, 6) is -3.13. The molecule has 0 heterocycles. The summed E-state index contributed by atoms with van der Waals surface area (Å²) in [4.78, 5) is 58.4. The summed E-state index contributed by atoms with van der Waals surface area (Å²) in [5, 5.41) is 0. The van der Waals surface area contributed by atoms with Gasteiger partial charge in [0, 0.05) is 5.57 Å². The molecular weight excluding hydrogens is 432 g/mol. The Kier molecular flexibility index (Phi) is 13.3. The Hall–Kier alpha value is -2.71. The van der Waals surface area contributed by atoms with Crippen LogP contribution in [0.15, 0.2) is 12.2 Å². The summed E-state index contributed by atoms with van der Waals surface area (Å²) >= 11 is 0. The highest BCUT2D eigenvalue weighted by Crippen LogP contribution is 2.43. The van der Waals surface area contributed by atoms with Gasteiger partial charge in [0.2, 0.25) is 0 Å². The van der Waals surface area contributed by atoms with Crippen molar-refractivity contribution in [2.75, 3.05) is 26.4 Å². The van der Waals surface area contributed by atoms with Gasteiger partial charge in [0.25, 0.3) is 0 Å². The van der Waals surface area contributed by atoms with E-state index < -0.39 is 29.2 Å². The number of carbonyl (C=O) groups is 5. The molecule has 188 valence electrons. The molecule has 9 heteroatoms. The van der Waals surface area contributed by atoms with E-state index in [0.29, 0.717) is 12.7 Å². The lowest BCUT2D eigenvalue weighted by Crippen LogP contribution is -2.42. The quantitative estimate of drug-likeness (QED) is 0.117. The van der Waals surface area contributed by atoms with Crippen molar-refractivity contribution in [3.8, 4) is 0 Å². The monoisotopic (exact) mass is 470 g/mol. The Morgan fingerprint density at radius 3 is 1.88 bits per heavy atom. The molecule has 0 aromatic heterocycles. The highest BCUT2D eigenvalue weighted by atomic mass is 16.6. The second-order valence-corrected chi connectivity index (χ2v) is 9.15. The Morgan fingerprint density at radius 1 is 0.879 bits per heavy atom.